The maximum absolute atomic E-state index is 9.09. The Morgan fingerprint density at radius 2 is 1.90 bits per heavy atom. The summed E-state index contributed by atoms with van der Waals surface area (Å²) in [5, 5.41) is 26.8. The first-order valence-electron chi connectivity index (χ1n) is 3.29. The minimum Gasteiger partial charge on any atom is -0.394 e. The summed E-state index contributed by atoms with van der Waals surface area (Å²) < 4.78 is 4.98. The molecule has 0 aliphatic carbocycles. The lowest BCUT2D eigenvalue weighted by Crippen LogP contribution is -2.33. The van der Waals surface area contributed by atoms with Gasteiger partial charge in [-0.2, -0.15) is 0 Å². The minimum atomic E-state index is -0.944. The lowest BCUT2D eigenvalue weighted by atomic mass is 10.1. The van der Waals surface area contributed by atoms with Crippen molar-refractivity contribution in [1.29, 1.82) is 0 Å². The van der Waals surface area contributed by atoms with Gasteiger partial charge in [0.15, 0.2) is 0 Å². The van der Waals surface area contributed by atoms with E-state index >= 15 is 0 Å². The first-order chi connectivity index (χ1) is 4.66. The lowest BCUT2D eigenvalue weighted by molar-refractivity contribution is -0.0171. The Hall–Kier alpha value is -0.160. The molecule has 0 radical (unpaired) electrons. The number of hydrogen-bond donors (Lipinski definition) is 3. The van der Waals surface area contributed by atoms with E-state index in [0.29, 0.717) is 0 Å². The van der Waals surface area contributed by atoms with Crippen molar-refractivity contribution in [1.82, 2.24) is 0 Å². The molecule has 1 saturated heterocycles. The highest BCUT2D eigenvalue weighted by Gasteiger charge is 2.39. The average molecular weight is 148 g/mol. The summed E-state index contributed by atoms with van der Waals surface area (Å²) in [6.45, 7) is 1.41. The van der Waals surface area contributed by atoms with Crippen LogP contribution in [0.5, 0.6) is 0 Å². The van der Waals surface area contributed by atoms with Crippen LogP contribution in [-0.4, -0.2) is 46.3 Å². The molecular weight excluding hydrogens is 136 g/mol. The molecule has 1 heterocycles. The molecule has 1 rings (SSSR count). The predicted molar refractivity (Wildman–Crippen MR) is 33.4 cm³/mol. The van der Waals surface area contributed by atoms with Crippen LogP contribution in [0.3, 0.4) is 0 Å². The van der Waals surface area contributed by atoms with Crippen LogP contribution in [0.1, 0.15) is 6.92 Å². The van der Waals surface area contributed by atoms with E-state index in [1.54, 1.807) is 6.92 Å². The Morgan fingerprint density at radius 1 is 1.30 bits per heavy atom. The van der Waals surface area contributed by atoms with Crippen molar-refractivity contribution in [2.75, 3.05) is 6.61 Å². The van der Waals surface area contributed by atoms with Crippen molar-refractivity contribution in [3.63, 3.8) is 0 Å². The largest absolute Gasteiger partial charge is 0.394 e. The van der Waals surface area contributed by atoms with E-state index in [-0.39, 0.29) is 12.7 Å². The van der Waals surface area contributed by atoms with Crippen molar-refractivity contribution in [3.05, 3.63) is 0 Å². The van der Waals surface area contributed by atoms with Gasteiger partial charge in [0, 0.05) is 0 Å². The SMILES string of the molecule is CC1OC(CO)[C@@H](O)C1O. The van der Waals surface area contributed by atoms with E-state index in [2.05, 4.69) is 0 Å². The molecule has 4 heteroatoms. The van der Waals surface area contributed by atoms with E-state index in [9.17, 15) is 0 Å². The second-order valence-electron chi connectivity index (χ2n) is 2.54. The zero-order valence-electron chi connectivity index (χ0n) is 5.77. The fourth-order valence-electron chi connectivity index (χ4n) is 1.09. The van der Waals surface area contributed by atoms with Crippen LogP contribution in [0.2, 0.25) is 0 Å². The van der Waals surface area contributed by atoms with Gasteiger partial charge in [0.05, 0.1) is 12.7 Å². The fourth-order valence-corrected chi connectivity index (χ4v) is 1.09. The first kappa shape index (κ1) is 7.94. The molecule has 0 saturated carbocycles. The van der Waals surface area contributed by atoms with Gasteiger partial charge in [-0.1, -0.05) is 0 Å². The number of aliphatic hydroxyl groups is 3. The molecule has 1 fully saturated rings. The zero-order valence-corrected chi connectivity index (χ0v) is 5.77. The van der Waals surface area contributed by atoms with Crippen LogP contribution in [0.4, 0.5) is 0 Å². The summed E-state index contributed by atoms with van der Waals surface area (Å²) in [6, 6.07) is 0. The van der Waals surface area contributed by atoms with Gasteiger partial charge in [-0.15, -0.1) is 0 Å². The zero-order chi connectivity index (χ0) is 7.72. The van der Waals surface area contributed by atoms with Crippen molar-refractivity contribution in [2.24, 2.45) is 0 Å². The highest BCUT2D eigenvalue weighted by molar-refractivity contribution is 4.87. The molecule has 0 bridgehead atoms. The summed E-state index contributed by atoms with van der Waals surface area (Å²) in [5.74, 6) is 0. The molecule has 0 aromatic rings. The third-order valence-electron chi connectivity index (χ3n) is 1.78. The van der Waals surface area contributed by atoms with Crippen molar-refractivity contribution in [3.8, 4) is 0 Å². The molecule has 0 aromatic heterocycles. The summed E-state index contributed by atoms with van der Waals surface area (Å²) >= 11 is 0. The molecule has 1 aliphatic rings. The highest BCUT2D eigenvalue weighted by Crippen LogP contribution is 2.19. The standard InChI is InChI=1S/C6H12O4/c1-3-5(8)6(9)4(2-7)10-3/h3-9H,2H2,1H3/t3?,4?,5?,6-/m1/s1. The van der Waals surface area contributed by atoms with Crippen LogP contribution in [-0.2, 0) is 4.74 Å². The molecule has 10 heavy (non-hydrogen) atoms. The topological polar surface area (TPSA) is 69.9 Å². The van der Waals surface area contributed by atoms with Crippen LogP contribution in [0.15, 0.2) is 0 Å². The number of aliphatic hydroxyl groups excluding tert-OH is 3. The minimum absolute atomic E-state index is 0.247. The Kier molecular flexibility index (Phi) is 2.25. The molecule has 0 spiro atoms. The van der Waals surface area contributed by atoms with Gasteiger partial charge in [-0.3, -0.25) is 0 Å². The van der Waals surface area contributed by atoms with Gasteiger partial charge < -0.3 is 20.1 Å². The van der Waals surface area contributed by atoms with Crippen LogP contribution >= 0.6 is 0 Å². The third kappa shape index (κ3) is 1.15. The average Bonchev–Trinajstić information content (AvgIpc) is 2.17. The molecule has 60 valence electrons. The maximum atomic E-state index is 9.09. The first-order valence-corrected chi connectivity index (χ1v) is 3.29. The fraction of sp³-hybridized carbons (Fsp3) is 1.00. The molecule has 0 aromatic carbocycles. The van der Waals surface area contributed by atoms with Gasteiger partial charge in [0.1, 0.15) is 18.3 Å². The maximum Gasteiger partial charge on any atom is 0.111 e. The van der Waals surface area contributed by atoms with Crippen LogP contribution < -0.4 is 0 Å². The van der Waals surface area contributed by atoms with Gasteiger partial charge in [0.25, 0.3) is 0 Å². The van der Waals surface area contributed by atoms with E-state index in [1.807, 2.05) is 0 Å². The number of rotatable bonds is 1. The second kappa shape index (κ2) is 2.84. The monoisotopic (exact) mass is 148 g/mol. The Bertz CT molecular complexity index is 116. The normalized spacial score (nSPS) is 48.0. The van der Waals surface area contributed by atoms with E-state index in [4.69, 9.17) is 20.1 Å². The number of hydrogen-bond acceptors (Lipinski definition) is 4. The van der Waals surface area contributed by atoms with E-state index in [1.165, 1.54) is 0 Å². The molecule has 3 N–H and O–H groups in total. The molecule has 4 nitrogen and oxygen atoms in total. The van der Waals surface area contributed by atoms with Crippen molar-refractivity contribution >= 4 is 0 Å². The molecule has 3 unspecified atom stereocenters. The smallest absolute Gasteiger partial charge is 0.111 e. The predicted octanol–water partition coefficient (Wildman–Crippen LogP) is -1.51. The molecular formula is C6H12O4. The van der Waals surface area contributed by atoms with Gasteiger partial charge >= 0.3 is 0 Å². The molecule has 0 amide bonds. The van der Waals surface area contributed by atoms with Crippen LogP contribution in [0.25, 0.3) is 0 Å². The van der Waals surface area contributed by atoms with Crippen LogP contribution in [0, 0.1) is 0 Å². The Morgan fingerprint density at radius 3 is 2.10 bits per heavy atom. The summed E-state index contributed by atoms with van der Waals surface area (Å²) in [5.41, 5.74) is 0. The van der Waals surface area contributed by atoms with Gasteiger partial charge in [0.2, 0.25) is 0 Å². The van der Waals surface area contributed by atoms with Gasteiger partial charge in [-0.05, 0) is 6.92 Å². The second-order valence-corrected chi connectivity index (χ2v) is 2.54. The lowest BCUT2D eigenvalue weighted by Gasteiger charge is -2.10. The molecule has 4 atom stereocenters. The van der Waals surface area contributed by atoms with E-state index in [0.717, 1.165) is 0 Å². The summed E-state index contributed by atoms with van der Waals surface area (Å²) in [7, 11) is 0. The summed E-state index contributed by atoms with van der Waals surface area (Å²) in [6.07, 6.45) is -2.81. The van der Waals surface area contributed by atoms with Gasteiger partial charge in [-0.25, -0.2) is 0 Å². The van der Waals surface area contributed by atoms with Crippen molar-refractivity contribution in [2.45, 2.75) is 31.3 Å². The Labute approximate surface area is 59.1 Å². The highest BCUT2D eigenvalue weighted by atomic mass is 16.5. The van der Waals surface area contributed by atoms with E-state index < -0.39 is 18.3 Å². The number of ether oxygens (including phenoxy) is 1. The quantitative estimate of drug-likeness (QED) is 0.422. The Balaban J connectivity index is 2.53. The van der Waals surface area contributed by atoms with Crippen molar-refractivity contribution < 1.29 is 20.1 Å². The third-order valence-corrected chi connectivity index (χ3v) is 1.78. The summed E-state index contributed by atoms with van der Waals surface area (Å²) in [4.78, 5) is 0. The molecule has 1 aliphatic heterocycles.